The van der Waals surface area contributed by atoms with Gasteiger partial charge in [-0.2, -0.15) is 5.10 Å². The highest BCUT2D eigenvalue weighted by Crippen LogP contribution is 2.29. The zero-order valence-corrected chi connectivity index (χ0v) is 18.5. The summed E-state index contributed by atoms with van der Waals surface area (Å²) in [4.78, 5) is 12.6. The second kappa shape index (κ2) is 8.10. The Balaban J connectivity index is 1.99. The van der Waals surface area contributed by atoms with Crippen LogP contribution >= 0.6 is 34.2 Å². The largest absolute Gasteiger partial charge is 0.497 e. The molecule has 2 aromatic carbocycles. The van der Waals surface area contributed by atoms with Gasteiger partial charge in [0.15, 0.2) is 5.69 Å². The Morgan fingerprint density at radius 3 is 2.43 bits per heavy atom. The molecule has 0 radical (unpaired) electrons. The second-order valence-electron chi connectivity index (χ2n) is 5.81. The first-order valence-corrected chi connectivity index (χ1v) is 10.8. The van der Waals surface area contributed by atoms with Gasteiger partial charge in [-0.15, -0.1) is 0 Å². The van der Waals surface area contributed by atoms with E-state index >= 15 is 0 Å². The van der Waals surface area contributed by atoms with Crippen molar-refractivity contribution >= 4 is 55.6 Å². The molecule has 0 saturated heterocycles. The lowest BCUT2D eigenvalue weighted by Gasteiger charge is -2.11. The quantitative estimate of drug-likeness (QED) is 0.506. The normalized spacial score (nSPS) is 11.3. The van der Waals surface area contributed by atoms with Crippen molar-refractivity contribution in [1.82, 2.24) is 9.78 Å². The van der Waals surface area contributed by atoms with E-state index < -0.39 is 15.7 Å². The molecular weight excluding hydrogens is 517 g/mol. The molecular formula is C18H15ClIN3O4S. The van der Waals surface area contributed by atoms with Gasteiger partial charge in [0.25, 0.3) is 5.91 Å². The van der Waals surface area contributed by atoms with Crippen LogP contribution in [0.15, 0.2) is 58.5 Å². The highest BCUT2D eigenvalue weighted by atomic mass is 127. The molecule has 1 amide bonds. The van der Waals surface area contributed by atoms with Crippen LogP contribution in [-0.2, 0) is 16.9 Å². The van der Waals surface area contributed by atoms with Crippen LogP contribution in [0.3, 0.4) is 0 Å². The fourth-order valence-electron chi connectivity index (χ4n) is 2.47. The highest BCUT2D eigenvalue weighted by molar-refractivity contribution is 14.1. The molecule has 0 atom stereocenters. The molecule has 3 rings (SSSR count). The molecule has 0 bridgehead atoms. The average Bonchev–Trinajstić information content (AvgIpc) is 3.00. The van der Waals surface area contributed by atoms with Gasteiger partial charge in [-0.05, 0) is 59.0 Å². The molecule has 0 aliphatic heterocycles. The summed E-state index contributed by atoms with van der Waals surface area (Å²) in [5, 5.41) is 7.22. The molecule has 1 N–H and O–H groups in total. The van der Waals surface area contributed by atoms with E-state index in [1.165, 1.54) is 54.3 Å². The van der Waals surface area contributed by atoms with Crippen molar-refractivity contribution in [2.75, 3.05) is 12.4 Å². The van der Waals surface area contributed by atoms with Crippen LogP contribution in [0.2, 0.25) is 5.02 Å². The first-order chi connectivity index (χ1) is 13.2. The summed E-state index contributed by atoms with van der Waals surface area (Å²) in [6.45, 7) is 0. The summed E-state index contributed by atoms with van der Waals surface area (Å²) < 4.78 is 33.3. The second-order valence-corrected chi connectivity index (χ2v) is 9.36. The lowest BCUT2D eigenvalue weighted by Crippen LogP contribution is -2.15. The number of carbonyl (C=O) groups excluding carboxylic acids is 1. The molecule has 0 spiro atoms. The number of anilines is 1. The Morgan fingerprint density at radius 2 is 1.86 bits per heavy atom. The number of aryl methyl sites for hydroxylation is 1. The predicted octanol–water partition coefficient (Wildman–Crippen LogP) is 3.77. The van der Waals surface area contributed by atoms with E-state index in [4.69, 9.17) is 16.3 Å². The van der Waals surface area contributed by atoms with Gasteiger partial charge >= 0.3 is 0 Å². The number of sulfone groups is 1. The molecule has 1 heterocycles. The maximum absolute atomic E-state index is 13.0. The zero-order chi connectivity index (χ0) is 20.5. The molecule has 7 nitrogen and oxygen atoms in total. The van der Waals surface area contributed by atoms with Gasteiger partial charge in [-0.3, -0.25) is 9.48 Å². The van der Waals surface area contributed by atoms with Crippen LogP contribution in [-0.4, -0.2) is 31.2 Å². The number of benzene rings is 2. The number of nitrogens with zero attached hydrogens (tertiary/aromatic N) is 2. The minimum absolute atomic E-state index is 0.0137. The number of rotatable bonds is 5. The first-order valence-electron chi connectivity index (χ1n) is 7.91. The molecule has 0 saturated carbocycles. The number of nitrogens with one attached hydrogen (secondary N) is 1. The molecule has 28 heavy (non-hydrogen) atoms. The van der Waals surface area contributed by atoms with E-state index in [1.54, 1.807) is 13.2 Å². The van der Waals surface area contributed by atoms with E-state index in [2.05, 4.69) is 10.4 Å². The van der Waals surface area contributed by atoms with Gasteiger partial charge in [0.2, 0.25) is 9.84 Å². The van der Waals surface area contributed by atoms with Crippen molar-refractivity contribution in [2.24, 2.45) is 7.05 Å². The molecule has 146 valence electrons. The van der Waals surface area contributed by atoms with Gasteiger partial charge in [0.05, 0.1) is 20.5 Å². The van der Waals surface area contributed by atoms with E-state index in [0.717, 1.165) is 0 Å². The third-order valence-corrected chi connectivity index (χ3v) is 6.60. The number of halogens is 2. The van der Waals surface area contributed by atoms with E-state index in [1.807, 2.05) is 22.6 Å². The summed E-state index contributed by atoms with van der Waals surface area (Å²) in [6.07, 6.45) is 1.71. The molecule has 10 heteroatoms. The van der Waals surface area contributed by atoms with Gasteiger partial charge in [0, 0.05) is 30.0 Å². The molecule has 1 aromatic heterocycles. The number of hydrogen-bond donors (Lipinski definition) is 1. The number of methoxy groups -OCH3 is 1. The molecule has 0 aliphatic carbocycles. The van der Waals surface area contributed by atoms with Crippen LogP contribution in [0.4, 0.5) is 5.69 Å². The molecule has 0 unspecified atom stereocenters. The SMILES string of the molecule is COc1cc(NC(=O)c2nn(C)cc2I)cc(S(=O)(=O)c2ccc(Cl)cc2)c1. The lowest BCUT2D eigenvalue weighted by atomic mass is 10.3. The third-order valence-electron chi connectivity index (χ3n) is 3.81. The van der Waals surface area contributed by atoms with Crippen molar-refractivity contribution < 1.29 is 17.9 Å². The van der Waals surface area contributed by atoms with Gasteiger partial charge in [-0.1, -0.05) is 11.6 Å². The monoisotopic (exact) mass is 531 g/mol. The van der Waals surface area contributed by atoms with E-state index in [0.29, 0.717) is 14.3 Å². The standard InChI is InChI=1S/C18H15ClIN3O4S/c1-23-10-16(20)17(22-23)18(24)21-12-7-13(27-2)9-15(8-12)28(25,26)14-5-3-11(19)4-6-14/h3-10H,1-2H3,(H,21,24). The Hall–Kier alpha value is -2.11. The molecule has 0 aliphatic rings. The van der Waals surface area contributed by atoms with Gasteiger partial charge in [-0.25, -0.2) is 8.42 Å². The van der Waals surface area contributed by atoms with Gasteiger partial charge in [0.1, 0.15) is 5.75 Å². The number of carbonyl (C=O) groups is 1. The maximum Gasteiger partial charge on any atom is 0.277 e. The fraction of sp³-hybridized carbons (Fsp3) is 0.111. The predicted molar refractivity (Wildman–Crippen MR) is 114 cm³/mol. The Morgan fingerprint density at radius 1 is 1.18 bits per heavy atom. The Bertz CT molecular complexity index is 1140. The van der Waals surface area contributed by atoms with E-state index in [-0.39, 0.29) is 21.2 Å². The van der Waals surface area contributed by atoms with Crippen LogP contribution in [0, 0.1) is 3.57 Å². The summed E-state index contributed by atoms with van der Waals surface area (Å²) in [5.74, 6) is -0.158. The summed E-state index contributed by atoms with van der Waals surface area (Å²) >= 11 is 7.85. The van der Waals surface area contributed by atoms with Crippen LogP contribution in [0.25, 0.3) is 0 Å². The first kappa shape index (κ1) is 20.6. The zero-order valence-electron chi connectivity index (χ0n) is 14.8. The minimum Gasteiger partial charge on any atom is -0.497 e. The van der Waals surface area contributed by atoms with Crippen molar-refractivity contribution in [3.05, 3.63) is 62.9 Å². The van der Waals surface area contributed by atoms with Crippen LogP contribution in [0.1, 0.15) is 10.5 Å². The Labute approximate surface area is 180 Å². The number of ether oxygens (including phenoxy) is 1. The Kier molecular flexibility index (Phi) is 5.96. The van der Waals surface area contributed by atoms with Crippen LogP contribution < -0.4 is 10.1 Å². The molecule has 0 fully saturated rings. The number of aromatic nitrogens is 2. The molecule has 3 aromatic rings. The van der Waals surface area contributed by atoms with Crippen molar-refractivity contribution in [2.45, 2.75) is 9.79 Å². The highest BCUT2D eigenvalue weighted by Gasteiger charge is 2.21. The fourth-order valence-corrected chi connectivity index (χ4v) is 4.67. The van der Waals surface area contributed by atoms with Crippen LogP contribution in [0.5, 0.6) is 5.75 Å². The van der Waals surface area contributed by atoms with Gasteiger partial charge < -0.3 is 10.1 Å². The lowest BCUT2D eigenvalue weighted by molar-refractivity contribution is 0.102. The summed E-state index contributed by atoms with van der Waals surface area (Å²) in [7, 11) is -0.699. The third kappa shape index (κ3) is 4.31. The van der Waals surface area contributed by atoms with E-state index in [9.17, 15) is 13.2 Å². The average molecular weight is 532 g/mol. The smallest absolute Gasteiger partial charge is 0.277 e. The number of hydrogen-bond acceptors (Lipinski definition) is 5. The maximum atomic E-state index is 13.0. The van der Waals surface area contributed by atoms with Crippen molar-refractivity contribution in [3.8, 4) is 5.75 Å². The summed E-state index contributed by atoms with van der Waals surface area (Å²) in [5.41, 5.74) is 0.520. The number of amides is 1. The summed E-state index contributed by atoms with van der Waals surface area (Å²) in [6, 6.07) is 10.1. The topological polar surface area (TPSA) is 90.3 Å². The minimum atomic E-state index is -3.83. The van der Waals surface area contributed by atoms with Crippen molar-refractivity contribution in [3.63, 3.8) is 0 Å². The van der Waals surface area contributed by atoms with Crippen molar-refractivity contribution in [1.29, 1.82) is 0 Å².